The van der Waals surface area contributed by atoms with E-state index >= 15 is 0 Å². The van der Waals surface area contributed by atoms with Gasteiger partial charge in [0.25, 0.3) is 11.8 Å². The van der Waals surface area contributed by atoms with Crippen molar-refractivity contribution in [2.24, 2.45) is 0 Å². The Labute approximate surface area is 339 Å². The van der Waals surface area contributed by atoms with E-state index in [9.17, 15) is 19.2 Å². The Morgan fingerprint density at radius 3 is 2.26 bits per heavy atom. The summed E-state index contributed by atoms with van der Waals surface area (Å²) in [5.41, 5.74) is 5.56. The minimum absolute atomic E-state index is 0.00503. The number of furan rings is 1. The maximum absolute atomic E-state index is 13.7. The van der Waals surface area contributed by atoms with Gasteiger partial charge >= 0.3 is 5.97 Å². The number of nitrogens with one attached hydrogen (secondary N) is 3. The SMILES string of the molecule is COC(=O)c1c(NC(=O)C(C)Sc2ccc(NC(=O)C(=Cc3ccc(-c4ccc(C)cc4)o3)NC(=O)c3ccccc3)cc2)sc2c1CCC(c1ccccc1)C2. The number of ether oxygens (including phenoxy) is 1. The molecule has 3 amide bonds. The molecule has 1 aliphatic carbocycles. The van der Waals surface area contributed by atoms with Crippen LogP contribution in [-0.2, 0) is 27.2 Å². The van der Waals surface area contributed by atoms with Gasteiger partial charge in [-0.15, -0.1) is 23.1 Å². The van der Waals surface area contributed by atoms with Crippen LogP contribution in [0.2, 0.25) is 0 Å². The Bertz CT molecular complexity index is 2420. The number of carbonyl (C=O) groups excluding carboxylic acids is 4. The predicted molar refractivity (Wildman–Crippen MR) is 227 cm³/mol. The molecule has 0 aliphatic heterocycles. The maximum Gasteiger partial charge on any atom is 0.341 e. The number of thioether (sulfide) groups is 1. The molecule has 0 saturated carbocycles. The number of amides is 3. The molecule has 4 aromatic carbocycles. The van der Waals surface area contributed by atoms with E-state index in [1.54, 1.807) is 49.4 Å². The van der Waals surface area contributed by atoms with Gasteiger partial charge in [-0.25, -0.2) is 4.79 Å². The Morgan fingerprint density at radius 1 is 0.860 bits per heavy atom. The Hall–Kier alpha value is -6.17. The number of hydrogen-bond acceptors (Lipinski definition) is 8. The van der Waals surface area contributed by atoms with Crippen LogP contribution in [0.15, 0.2) is 136 Å². The molecule has 2 atom stereocenters. The topological polar surface area (TPSA) is 127 Å². The van der Waals surface area contributed by atoms with Gasteiger partial charge < -0.3 is 25.1 Å². The number of rotatable bonds is 12. The van der Waals surface area contributed by atoms with E-state index in [-0.39, 0.29) is 11.6 Å². The van der Waals surface area contributed by atoms with Crippen molar-refractivity contribution < 1.29 is 28.3 Å². The number of benzene rings is 4. The van der Waals surface area contributed by atoms with Gasteiger partial charge in [0, 0.05) is 32.7 Å². The van der Waals surface area contributed by atoms with Gasteiger partial charge in [0.15, 0.2) is 0 Å². The smallest absolute Gasteiger partial charge is 0.341 e. The van der Waals surface area contributed by atoms with Crippen molar-refractivity contribution in [3.63, 3.8) is 0 Å². The molecule has 2 aromatic heterocycles. The van der Waals surface area contributed by atoms with Crippen molar-refractivity contribution in [1.82, 2.24) is 5.32 Å². The van der Waals surface area contributed by atoms with Gasteiger partial charge in [-0.1, -0.05) is 78.4 Å². The van der Waals surface area contributed by atoms with Crippen molar-refractivity contribution in [3.8, 4) is 11.3 Å². The molecule has 6 aromatic rings. The summed E-state index contributed by atoms with van der Waals surface area (Å²) in [5.74, 6) is -0.323. The van der Waals surface area contributed by atoms with E-state index in [1.165, 1.54) is 41.8 Å². The summed E-state index contributed by atoms with van der Waals surface area (Å²) in [6.07, 6.45) is 3.93. The first-order valence-corrected chi connectivity index (χ1v) is 20.3. The number of fused-ring (bicyclic) bond motifs is 1. The number of anilines is 2. The molecule has 3 N–H and O–H groups in total. The van der Waals surface area contributed by atoms with Crippen LogP contribution >= 0.6 is 23.1 Å². The standard InChI is InChI=1S/C46H41N3O6S2/c1-28-14-16-31(17-15-28)39-25-21-35(55-39)27-38(48-43(51)32-12-8-5-9-13-32)44(52)47-34-19-22-36(23-20-34)56-29(2)42(50)49-45-41(46(53)54-3)37-24-18-33(26-40(37)57-45)30-10-6-4-7-11-30/h4-17,19-23,25,27,29,33H,18,24,26H2,1-3H3,(H,47,52)(H,48,51)(H,49,50). The first-order chi connectivity index (χ1) is 27.6. The molecule has 0 spiro atoms. The Morgan fingerprint density at radius 2 is 1.56 bits per heavy atom. The number of hydrogen-bond donors (Lipinski definition) is 3. The van der Waals surface area contributed by atoms with Crippen molar-refractivity contribution in [1.29, 1.82) is 0 Å². The van der Waals surface area contributed by atoms with Crippen LogP contribution in [0.5, 0.6) is 0 Å². The third-order valence-corrected chi connectivity index (χ3v) is 12.0. The van der Waals surface area contributed by atoms with Crippen molar-refractivity contribution in [2.75, 3.05) is 17.7 Å². The summed E-state index contributed by atoms with van der Waals surface area (Å²) in [7, 11) is 1.36. The molecule has 11 heteroatoms. The summed E-state index contributed by atoms with van der Waals surface area (Å²) in [6.45, 7) is 3.81. The van der Waals surface area contributed by atoms with Crippen molar-refractivity contribution in [2.45, 2.75) is 49.2 Å². The molecule has 0 saturated heterocycles. The van der Waals surface area contributed by atoms with Crippen molar-refractivity contribution >= 4 is 63.6 Å². The highest BCUT2D eigenvalue weighted by atomic mass is 32.2. The van der Waals surface area contributed by atoms with E-state index in [0.717, 1.165) is 45.7 Å². The monoisotopic (exact) mass is 795 g/mol. The maximum atomic E-state index is 13.7. The first-order valence-electron chi connectivity index (χ1n) is 18.6. The van der Waals surface area contributed by atoms with Crippen LogP contribution in [0.3, 0.4) is 0 Å². The normalized spacial score (nSPS) is 14.2. The zero-order valence-corrected chi connectivity index (χ0v) is 33.3. The van der Waals surface area contributed by atoms with Crippen LogP contribution in [0.1, 0.15) is 67.3 Å². The third-order valence-electron chi connectivity index (χ3n) is 9.74. The molecule has 288 valence electrons. The molecule has 57 heavy (non-hydrogen) atoms. The predicted octanol–water partition coefficient (Wildman–Crippen LogP) is 9.90. The zero-order chi connectivity index (χ0) is 39.9. The summed E-state index contributed by atoms with van der Waals surface area (Å²) in [5, 5.41) is 8.63. The number of carbonyl (C=O) groups is 4. The van der Waals surface area contributed by atoms with E-state index in [0.29, 0.717) is 39.3 Å². The summed E-state index contributed by atoms with van der Waals surface area (Å²) >= 11 is 2.80. The number of methoxy groups -OCH3 is 1. The summed E-state index contributed by atoms with van der Waals surface area (Å²) in [6, 6.07) is 37.5. The lowest BCUT2D eigenvalue weighted by Crippen LogP contribution is -2.30. The second-order valence-electron chi connectivity index (χ2n) is 13.7. The van der Waals surface area contributed by atoms with Crippen LogP contribution < -0.4 is 16.0 Å². The second kappa shape index (κ2) is 17.7. The van der Waals surface area contributed by atoms with Gasteiger partial charge in [-0.2, -0.15) is 0 Å². The van der Waals surface area contributed by atoms with Crippen LogP contribution in [0.25, 0.3) is 17.4 Å². The van der Waals surface area contributed by atoms with Crippen LogP contribution in [0.4, 0.5) is 10.7 Å². The molecule has 2 heterocycles. The quantitative estimate of drug-likeness (QED) is 0.0640. The van der Waals surface area contributed by atoms with E-state index in [1.807, 2.05) is 73.7 Å². The molecule has 0 fully saturated rings. The lowest BCUT2D eigenvalue weighted by Gasteiger charge is -2.22. The lowest BCUT2D eigenvalue weighted by atomic mass is 9.83. The summed E-state index contributed by atoms with van der Waals surface area (Å²) in [4.78, 5) is 55.2. The average molecular weight is 796 g/mol. The molecule has 2 unspecified atom stereocenters. The van der Waals surface area contributed by atoms with Gasteiger partial charge in [0.1, 0.15) is 22.2 Å². The minimum atomic E-state index is -0.545. The second-order valence-corrected chi connectivity index (χ2v) is 16.2. The fourth-order valence-electron chi connectivity index (χ4n) is 6.68. The molecule has 0 bridgehead atoms. The van der Waals surface area contributed by atoms with E-state index < -0.39 is 23.0 Å². The highest BCUT2D eigenvalue weighted by Crippen LogP contribution is 2.43. The largest absolute Gasteiger partial charge is 0.465 e. The Kier molecular flexibility index (Phi) is 12.2. The highest BCUT2D eigenvalue weighted by Gasteiger charge is 2.31. The first kappa shape index (κ1) is 39.1. The van der Waals surface area contributed by atoms with Crippen LogP contribution in [0, 0.1) is 6.92 Å². The molecular formula is C46H41N3O6S2. The van der Waals surface area contributed by atoms with E-state index in [4.69, 9.17) is 9.15 Å². The number of esters is 1. The number of thiophene rings is 1. The van der Waals surface area contributed by atoms with Gasteiger partial charge in [0.2, 0.25) is 5.91 Å². The zero-order valence-electron chi connectivity index (χ0n) is 31.7. The highest BCUT2D eigenvalue weighted by molar-refractivity contribution is 8.00. The van der Waals surface area contributed by atoms with E-state index in [2.05, 4.69) is 28.1 Å². The van der Waals surface area contributed by atoms with Gasteiger partial charge in [0.05, 0.1) is 17.9 Å². The molecule has 1 aliphatic rings. The summed E-state index contributed by atoms with van der Waals surface area (Å²) < 4.78 is 11.2. The molecule has 0 radical (unpaired) electrons. The average Bonchev–Trinajstić information content (AvgIpc) is 3.85. The molecule has 7 rings (SSSR count). The van der Waals surface area contributed by atoms with Crippen molar-refractivity contribution in [3.05, 3.63) is 165 Å². The Balaban J connectivity index is 1.02. The fourth-order valence-corrected chi connectivity index (χ4v) is 8.86. The van der Waals surface area contributed by atoms with Gasteiger partial charge in [-0.05, 0) is 98.7 Å². The third kappa shape index (κ3) is 9.45. The fraction of sp³-hybridized carbons (Fsp3) is 0.174. The minimum Gasteiger partial charge on any atom is -0.465 e. The number of aryl methyl sites for hydroxylation is 1. The molecule has 9 nitrogen and oxygen atoms in total. The van der Waals surface area contributed by atoms with Gasteiger partial charge in [-0.3, -0.25) is 14.4 Å². The lowest BCUT2D eigenvalue weighted by molar-refractivity contribution is -0.115. The van der Waals surface area contributed by atoms with Crippen LogP contribution in [-0.4, -0.2) is 36.1 Å². The molecular weight excluding hydrogens is 755 g/mol.